The Morgan fingerprint density at radius 1 is 1.26 bits per heavy atom. The molecule has 0 aromatic carbocycles. The van der Waals surface area contributed by atoms with E-state index in [-0.39, 0.29) is 17.1 Å². The van der Waals surface area contributed by atoms with E-state index in [1.807, 2.05) is 0 Å². The molecule has 0 unspecified atom stereocenters. The molecule has 9 nitrogen and oxygen atoms in total. The normalized spacial score (nSPS) is 11.7. The highest BCUT2D eigenvalue weighted by Gasteiger charge is 2.31. The van der Waals surface area contributed by atoms with E-state index in [1.54, 1.807) is 0 Å². The minimum atomic E-state index is -3.58. The maximum atomic E-state index is 12.2. The fraction of sp³-hybridized carbons (Fsp3) is 0.462. The molecule has 0 aliphatic rings. The number of nitrogens with zero attached hydrogens (tertiary/aromatic N) is 1. The Hall–Kier alpha value is -2.20. The van der Waals surface area contributed by atoms with E-state index < -0.39 is 27.4 Å². The third-order valence-corrected chi connectivity index (χ3v) is 3.60. The summed E-state index contributed by atoms with van der Waals surface area (Å²) in [7, 11) is -1.04. The standard InChI is InChI=1S/C13H19N3O6S/c1-13(2,16-23(5,19)20)12(18)15-8-6-9(11(17)22-4)10(21-3)14-7-8/h6-7,16H,1-5H3,(H,15,18). The average Bonchev–Trinajstić information content (AvgIpc) is 2.43. The summed E-state index contributed by atoms with van der Waals surface area (Å²) in [6.07, 6.45) is 2.23. The highest BCUT2D eigenvalue weighted by molar-refractivity contribution is 7.88. The lowest BCUT2D eigenvalue weighted by atomic mass is 10.1. The Bertz CT molecular complexity index is 714. The van der Waals surface area contributed by atoms with Gasteiger partial charge in [-0.1, -0.05) is 0 Å². The molecule has 0 saturated heterocycles. The first-order valence-corrected chi connectivity index (χ1v) is 8.32. The number of carbonyl (C=O) groups excluding carboxylic acids is 2. The number of ether oxygens (including phenoxy) is 2. The predicted octanol–water partition coefficient (Wildman–Crippen LogP) is 0.143. The molecule has 0 atom stereocenters. The summed E-state index contributed by atoms with van der Waals surface area (Å²) in [6.45, 7) is 2.81. The van der Waals surface area contributed by atoms with Crippen LogP contribution in [0, 0.1) is 0 Å². The number of carbonyl (C=O) groups is 2. The number of hydrogen-bond donors (Lipinski definition) is 2. The lowest BCUT2D eigenvalue weighted by Gasteiger charge is -2.23. The van der Waals surface area contributed by atoms with Crippen molar-refractivity contribution in [2.45, 2.75) is 19.4 Å². The summed E-state index contributed by atoms with van der Waals surface area (Å²) < 4.78 is 34.3. The lowest BCUT2D eigenvalue weighted by molar-refractivity contribution is -0.120. The van der Waals surface area contributed by atoms with Crippen LogP contribution in [0.1, 0.15) is 24.2 Å². The highest BCUT2D eigenvalue weighted by atomic mass is 32.2. The monoisotopic (exact) mass is 345 g/mol. The zero-order valence-corrected chi connectivity index (χ0v) is 14.3. The number of pyridine rings is 1. The van der Waals surface area contributed by atoms with Gasteiger partial charge in [0.2, 0.25) is 21.8 Å². The number of methoxy groups -OCH3 is 2. The molecule has 1 rings (SSSR count). The molecular weight excluding hydrogens is 326 g/mol. The fourth-order valence-corrected chi connectivity index (χ4v) is 2.76. The predicted molar refractivity (Wildman–Crippen MR) is 82.8 cm³/mol. The smallest absolute Gasteiger partial charge is 0.343 e. The van der Waals surface area contributed by atoms with Crippen LogP contribution in [-0.2, 0) is 19.6 Å². The topological polar surface area (TPSA) is 124 Å². The SMILES string of the molecule is COC(=O)c1cc(NC(=O)C(C)(C)NS(C)(=O)=O)cnc1OC. The maximum absolute atomic E-state index is 12.2. The minimum absolute atomic E-state index is 0.0293. The molecule has 0 spiro atoms. The van der Waals surface area contributed by atoms with E-state index in [0.29, 0.717) is 0 Å². The summed E-state index contributed by atoms with van der Waals surface area (Å²) in [5, 5.41) is 2.48. The van der Waals surface area contributed by atoms with Crippen molar-refractivity contribution >= 4 is 27.6 Å². The van der Waals surface area contributed by atoms with Crippen molar-refractivity contribution in [3.8, 4) is 5.88 Å². The van der Waals surface area contributed by atoms with Gasteiger partial charge in [0.25, 0.3) is 0 Å². The van der Waals surface area contributed by atoms with Crippen LogP contribution in [0.5, 0.6) is 5.88 Å². The van der Waals surface area contributed by atoms with Crippen LogP contribution in [0.15, 0.2) is 12.3 Å². The van der Waals surface area contributed by atoms with E-state index in [1.165, 1.54) is 40.3 Å². The second kappa shape index (κ2) is 6.92. The molecule has 1 aromatic heterocycles. The number of anilines is 1. The summed E-state index contributed by atoms with van der Waals surface area (Å²) >= 11 is 0. The van der Waals surface area contributed by atoms with Gasteiger partial charge in [0.05, 0.1) is 32.4 Å². The van der Waals surface area contributed by atoms with Gasteiger partial charge in [0.1, 0.15) is 11.1 Å². The van der Waals surface area contributed by atoms with Crippen LogP contribution in [0.4, 0.5) is 5.69 Å². The maximum Gasteiger partial charge on any atom is 0.343 e. The van der Waals surface area contributed by atoms with Crippen molar-refractivity contribution in [3.05, 3.63) is 17.8 Å². The third-order valence-electron chi connectivity index (χ3n) is 2.72. The molecule has 10 heteroatoms. The van der Waals surface area contributed by atoms with Crippen LogP contribution >= 0.6 is 0 Å². The first-order valence-electron chi connectivity index (χ1n) is 6.43. The van der Waals surface area contributed by atoms with E-state index in [2.05, 4.69) is 19.8 Å². The molecule has 128 valence electrons. The van der Waals surface area contributed by atoms with Gasteiger partial charge in [-0.05, 0) is 19.9 Å². The fourth-order valence-electron chi connectivity index (χ4n) is 1.74. The Balaban J connectivity index is 3.05. The van der Waals surface area contributed by atoms with Crippen molar-refractivity contribution in [1.29, 1.82) is 0 Å². The second-order valence-electron chi connectivity index (χ2n) is 5.23. The Kier molecular flexibility index (Phi) is 5.67. The molecule has 0 bridgehead atoms. The van der Waals surface area contributed by atoms with Crippen molar-refractivity contribution in [2.75, 3.05) is 25.8 Å². The van der Waals surface area contributed by atoms with Crippen molar-refractivity contribution in [3.63, 3.8) is 0 Å². The third kappa shape index (κ3) is 5.18. The molecule has 23 heavy (non-hydrogen) atoms. The lowest BCUT2D eigenvalue weighted by Crippen LogP contribution is -2.51. The van der Waals surface area contributed by atoms with Crippen molar-refractivity contribution in [2.24, 2.45) is 0 Å². The van der Waals surface area contributed by atoms with Gasteiger partial charge in [-0.25, -0.2) is 22.9 Å². The van der Waals surface area contributed by atoms with Crippen LogP contribution in [-0.4, -0.2) is 51.3 Å². The molecule has 1 amide bonds. The van der Waals surface area contributed by atoms with Gasteiger partial charge in [-0.3, -0.25) is 4.79 Å². The van der Waals surface area contributed by atoms with Gasteiger partial charge in [-0.15, -0.1) is 0 Å². The van der Waals surface area contributed by atoms with E-state index in [4.69, 9.17) is 4.74 Å². The number of hydrogen-bond acceptors (Lipinski definition) is 7. The number of amides is 1. The molecular formula is C13H19N3O6S. The molecule has 0 radical (unpaired) electrons. The van der Waals surface area contributed by atoms with Crippen LogP contribution < -0.4 is 14.8 Å². The first-order chi connectivity index (χ1) is 10.5. The van der Waals surface area contributed by atoms with Crippen molar-refractivity contribution < 1.29 is 27.5 Å². The van der Waals surface area contributed by atoms with E-state index in [9.17, 15) is 18.0 Å². The molecule has 1 aromatic rings. The zero-order chi connectivity index (χ0) is 17.8. The van der Waals surface area contributed by atoms with Gasteiger partial charge in [0, 0.05) is 0 Å². The van der Waals surface area contributed by atoms with Gasteiger partial charge in [0.15, 0.2) is 0 Å². The van der Waals surface area contributed by atoms with Gasteiger partial charge >= 0.3 is 5.97 Å². The van der Waals surface area contributed by atoms with Crippen LogP contribution in [0.25, 0.3) is 0 Å². The number of sulfonamides is 1. The summed E-state index contributed by atoms with van der Waals surface area (Å²) in [5.74, 6) is -1.26. The summed E-state index contributed by atoms with van der Waals surface area (Å²) in [4.78, 5) is 27.8. The first kappa shape index (κ1) is 18.8. The van der Waals surface area contributed by atoms with E-state index in [0.717, 1.165) is 6.26 Å². The van der Waals surface area contributed by atoms with Gasteiger partial charge < -0.3 is 14.8 Å². The second-order valence-corrected chi connectivity index (χ2v) is 6.97. The van der Waals surface area contributed by atoms with Crippen LogP contribution in [0.2, 0.25) is 0 Å². The summed E-state index contributed by atoms with van der Waals surface area (Å²) in [6, 6.07) is 1.33. The Morgan fingerprint density at radius 2 is 1.87 bits per heavy atom. The average molecular weight is 345 g/mol. The van der Waals surface area contributed by atoms with Gasteiger partial charge in [-0.2, -0.15) is 0 Å². The quantitative estimate of drug-likeness (QED) is 0.703. The number of aromatic nitrogens is 1. The molecule has 0 saturated carbocycles. The highest BCUT2D eigenvalue weighted by Crippen LogP contribution is 2.21. The molecule has 0 aliphatic heterocycles. The molecule has 2 N–H and O–H groups in total. The number of nitrogens with one attached hydrogen (secondary N) is 2. The molecule has 1 heterocycles. The largest absolute Gasteiger partial charge is 0.480 e. The van der Waals surface area contributed by atoms with Crippen LogP contribution in [0.3, 0.4) is 0 Å². The van der Waals surface area contributed by atoms with Crippen molar-refractivity contribution in [1.82, 2.24) is 9.71 Å². The zero-order valence-electron chi connectivity index (χ0n) is 13.5. The van der Waals surface area contributed by atoms with E-state index >= 15 is 0 Å². The number of rotatable bonds is 6. The Morgan fingerprint density at radius 3 is 2.35 bits per heavy atom. The number of esters is 1. The summed E-state index contributed by atoms with van der Waals surface area (Å²) in [5.41, 5.74) is -1.17. The molecule has 0 aliphatic carbocycles. The minimum Gasteiger partial charge on any atom is -0.480 e. The Labute approximate surface area is 134 Å². The molecule has 0 fully saturated rings.